The van der Waals surface area contributed by atoms with Gasteiger partial charge in [-0.3, -0.25) is 0 Å². The highest BCUT2D eigenvalue weighted by Crippen LogP contribution is 2.26. The zero-order valence-corrected chi connectivity index (χ0v) is 9.48. The number of benzene rings is 1. The van der Waals surface area contributed by atoms with Gasteiger partial charge in [-0.2, -0.15) is 0 Å². The van der Waals surface area contributed by atoms with Gasteiger partial charge in [0, 0.05) is 12.1 Å². The van der Waals surface area contributed by atoms with Crippen LogP contribution in [0.4, 0.5) is 0 Å². The standard InChI is InChI=1S/C10H13Cl2NO/c1-7(13)4-5-14-8-2-3-9(11)10(12)6-8/h2-3,6-7H,4-5,13H2,1H3. The van der Waals surface area contributed by atoms with Gasteiger partial charge in [-0.25, -0.2) is 0 Å². The molecule has 0 spiro atoms. The Morgan fingerprint density at radius 1 is 1.36 bits per heavy atom. The van der Waals surface area contributed by atoms with Crippen LogP contribution in [0.1, 0.15) is 13.3 Å². The first-order valence-electron chi connectivity index (χ1n) is 4.43. The molecule has 2 nitrogen and oxygen atoms in total. The summed E-state index contributed by atoms with van der Waals surface area (Å²) in [5, 5.41) is 1.04. The summed E-state index contributed by atoms with van der Waals surface area (Å²) in [6.45, 7) is 2.54. The summed E-state index contributed by atoms with van der Waals surface area (Å²) in [5.74, 6) is 0.722. The molecular formula is C10H13Cl2NO. The molecule has 0 aliphatic heterocycles. The zero-order valence-electron chi connectivity index (χ0n) is 7.97. The van der Waals surface area contributed by atoms with Gasteiger partial charge < -0.3 is 10.5 Å². The van der Waals surface area contributed by atoms with Gasteiger partial charge in [0.05, 0.1) is 16.7 Å². The molecule has 2 N–H and O–H groups in total. The van der Waals surface area contributed by atoms with Crippen molar-refractivity contribution in [3.63, 3.8) is 0 Å². The van der Waals surface area contributed by atoms with Crippen molar-refractivity contribution in [1.29, 1.82) is 0 Å². The summed E-state index contributed by atoms with van der Waals surface area (Å²) in [7, 11) is 0. The molecule has 0 aromatic heterocycles. The quantitative estimate of drug-likeness (QED) is 0.868. The lowest BCUT2D eigenvalue weighted by molar-refractivity contribution is 0.301. The van der Waals surface area contributed by atoms with Gasteiger partial charge in [0.1, 0.15) is 5.75 Å². The van der Waals surface area contributed by atoms with Crippen LogP contribution in [0.5, 0.6) is 5.75 Å². The molecule has 0 bridgehead atoms. The summed E-state index contributed by atoms with van der Waals surface area (Å²) in [4.78, 5) is 0. The van der Waals surface area contributed by atoms with E-state index in [1.807, 2.05) is 6.92 Å². The van der Waals surface area contributed by atoms with Crippen molar-refractivity contribution < 1.29 is 4.74 Å². The van der Waals surface area contributed by atoms with E-state index in [1.165, 1.54) is 0 Å². The van der Waals surface area contributed by atoms with Crippen molar-refractivity contribution in [2.75, 3.05) is 6.61 Å². The molecule has 1 unspecified atom stereocenters. The van der Waals surface area contributed by atoms with Crippen molar-refractivity contribution in [2.24, 2.45) is 5.73 Å². The molecule has 0 saturated carbocycles. The average molecular weight is 234 g/mol. The number of hydrogen-bond acceptors (Lipinski definition) is 2. The first-order valence-corrected chi connectivity index (χ1v) is 5.18. The molecule has 0 aliphatic carbocycles. The van der Waals surface area contributed by atoms with Crippen LogP contribution in [0.3, 0.4) is 0 Å². The minimum absolute atomic E-state index is 0.151. The molecule has 0 fully saturated rings. The van der Waals surface area contributed by atoms with Gasteiger partial charge in [0.25, 0.3) is 0 Å². The highest BCUT2D eigenvalue weighted by atomic mass is 35.5. The fourth-order valence-corrected chi connectivity index (χ4v) is 1.22. The molecule has 0 saturated heterocycles. The van der Waals surface area contributed by atoms with Crippen LogP contribution in [0.25, 0.3) is 0 Å². The second-order valence-corrected chi connectivity index (χ2v) is 4.00. The lowest BCUT2D eigenvalue weighted by Gasteiger charge is -2.08. The zero-order chi connectivity index (χ0) is 10.6. The summed E-state index contributed by atoms with van der Waals surface area (Å²) >= 11 is 11.6. The molecule has 1 atom stereocenters. The molecule has 0 heterocycles. The predicted octanol–water partition coefficient (Wildman–Crippen LogP) is 3.11. The van der Waals surface area contributed by atoms with E-state index >= 15 is 0 Å². The van der Waals surface area contributed by atoms with Crippen molar-refractivity contribution in [2.45, 2.75) is 19.4 Å². The van der Waals surface area contributed by atoms with Crippen LogP contribution in [-0.2, 0) is 0 Å². The van der Waals surface area contributed by atoms with Crippen molar-refractivity contribution >= 4 is 23.2 Å². The van der Waals surface area contributed by atoms with Crippen molar-refractivity contribution in [3.05, 3.63) is 28.2 Å². The summed E-state index contributed by atoms with van der Waals surface area (Å²) < 4.78 is 5.43. The fourth-order valence-electron chi connectivity index (χ4n) is 0.929. The van der Waals surface area contributed by atoms with Gasteiger partial charge in [0.15, 0.2) is 0 Å². The Morgan fingerprint density at radius 3 is 2.64 bits per heavy atom. The van der Waals surface area contributed by atoms with E-state index in [0.717, 1.165) is 12.2 Å². The normalized spacial score (nSPS) is 12.6. The Labute approximate surface area is 94.0 Å². The molecule has 1 aromatic rings. The van der Waals surface area contributed by atoms with Crippen molar-refractivity contribution in [1.82, 2.24) is 0 Å². The second kappa shape index (κ2) is 5.44. The number of halogens is 2. The van der Waals surface area contributed by atoms with E-state index in [9.17, 15) is 0 Å². The molecular weight excluding hydrogens is 221 g/mol. The Kier molecular flexibility index (Phi) is 4.52. The van der Waals surface area contributed by atoms with Crippen LogP contribution in [0.2, 0.25) is 10.0 Å². The third-order valence-corrected chi connectivity index (χ3v) is 2.47. The molecule has 78 valence electrons. The molecule has 1 aromatic carbocycles. The monoisotopic (exact) mass is 233 g/mol. The first-order chi connectivity index (χ1) is 6.59. The van der Waals surface area contributed by atoms with Crippen molar-refractivity contribution in [3.8, 4) is 5.75 Å². The number of nitrogens with two attached hydrogens (primary N) is 1. The molecule has 0 radical (unpaired) electrons. The number of ether oxygens (including phenoxy) is 1. The van der Waals surface area contributed by atoms with E-state index in [4.69, 9.17) is 33.7 Å². The van der Waals surface area contributed by atoms with Gasteiger partial charge in [-0.1, -0.05) is 23.2 Å². The van der Waals surface area contributed by atoms with Crippen LogP contribution in [0, 0.1) is 0 Å². The van der Waals surface area contributed by atoms with E-state index in [1.54, 1.807) is 18.2 Å². The summed E-state index contributed by atoms with van der Waals surface area (Å²) in [6.07, 6.45) is 0.820. The molecule has 1 rings (SSSR count). The van der Waals surface area contributed by atoms with Crippen LogP contribution >= 0.6 is 23.2 Å². The Bertz CT molecular complexity index is 302. The van der Waals surface area contributed by atoms with Gasteiger partial charge in [-0.05, 0) is 25.5 Å². The average Bonchev–Trinajstić information content (AvgIpc) is 2.10. The smallest absolute Gasteiger partial charge is 0.120 e. The Hall–Kier alpha value is -0.440. The highest BCUT2D eigenvalue weighted by molar-refractivity contribution is 6.42. The Balaban J connectivity index is 2.47. The third kappa shape index (κ3) is 3.74. The van der Waals surface area contributed by atoms with Crippen LogP contribution in [0.15, 0.2) is 18.2 Å². The minimum atomic E-state index is 0.151. The largest absolute Gasteiger partial charge is 0.493 e. The van der Waals surface area contributed by atoms with Crippen LogP contribution < -0.4 is 10.5 Å². The number of rotatable bonds is 4. The third-order valence-electron chi connectivity index (χ3n) is 1.73. The van der Waals surface area contributed by atoms with Gasteiger partial charge >= 0.3 is 0 Å². The lowest BCUT2D eigenvalue weighted by Crippen LogP contribution is -2.18. The molecule has 0 aliphatic rings. The topological polar surface area (TPSA) is 35.2 Å². The Morgan fingerprint density at radius 2 is 2.07 bits per heavy atom. The van der Waals surface area contributed by atoms with E-state index < -0.39 is 0 Å². The maximum atomic E-state index is 5.82. The van der Waals surface area contributed by atoms with E-state index in [0.29, 0.717) is 16.7 Å². The fraction of sp³-hybridized carbons (Fsp3) is 0.400. The molecule has 4 heteroatoms. The predicted molar refractivity (Wildman–Crippen MR) is 60.2 cm³/mol. The summed E-state index contributed by atoms with van der Waals surface area (Å²) in [5.41, 5.74) is 5.58. The second-order valence-electron chi connectivity index (χ2n) is 3.19. The van der Waals surface area contributed by atoms with E-state index in [-0.39, 0.29) is 6.04 Å². The van der Waals surface area contributed by atoms with Gasteiger partial charge in [-0.15, -0.1) is 0 Å². The lowest BCUT2D eigenvalue weighted by atomic mass is 10.3. The van der Waals surface area contributed by atoms with Gasteiger partial charge in [0.2, 0.25) is 0 Å². The molecule has 14 heavy (non-hydrogen) atoms. The molecule has 0 amide bonds. The minimum Gasteiger partial charge on any atom is -0.493 e. The summed E-state index contributed by atoms with van der Waals surface area (Å²) in [6, 6.07) is 5.35. The van der Waals surface area contributed by atoms with Crippen LogP contribution in [-0.4, -0.2) is 12.6 Å². The van der Waals surface area contributed by atoms with E-state index in [2.05, 4.69) is 0 Å². The SMILES string of the molecule is CC(N)CCOc1ccc(Cl)c(Cl)c1. The maximum absolute atomic E-state index is 5.82. The number of hydrogen-bond donors (Lipinski definition) is 1. The maximum Gasteiger partial charge on any atom is 0.120 e. The highest BCUT2D eigenvalue weighted by Gasteiger charge is 2.00. The first kappa shape index (κ1) is 11.6.